The van der Waals surface area contributed by atoms with Crippen molar-refractivity contribution in [3.8, 4) is 44.5 Å². The fraction of sp³-hybridized carbons (Fsp3) is 0. The third kappa shape index (κ3) is 3.86. The Bertz CT molecular complexity index is 1300. The minimum atomic E-state index is 0.766. The van der Waals surface area contributed by atoms with E-state index in [2.05, 4.69) is 109 Å². The number of nitrogens with two attached hydrogens (primary N) is 1. The van der Waals surface area contributed by atoms with E-state index in [1.54, 1.807) is 0 Å². The van der Waals surface area contributed by atoms with Crippen LogP contribution in [-0.2, 0) is 0 Å². The number of anilines is 1. The molecule has 0 radical (unpaired) electrons. The van der Waals surface area contributed by atoms with Crippen LogP contribution in [0.2, 0.25) is 0 Å². The van der Waals surface area contributed by atoms with E-state index in [0.29, 0.717) is 0 Å². The molecule has 2 N–H and O–H groups in total. The van der Waals surface area contributed by atoms with Crippen molar-refractivity contribution in [2.75, 3.05) is 5.73 Å². The van der Waals surface area contributed by atoms with Gasteiger partial charge in [-0.15, -0.1) is 0 Å². The average molecular weight is 398 g/mol. The molecule has 5 aromatic rings. The van der Waals surface area contributed by atoms with Crippen LogP contribution < -0.4 is 5.73 Å². The Morgan fingerprint density at radius 1 is 0.323 bits per heavy atom. The number of hydrogen-bond donors (Lipinski definition) is 1. The Hall–Kier alpha value is -4.10. The lowest BCUT2D eigenvalue weighted by atomic mass is 9.88. The van der Waals surface area contributed by atoms with Gasteiger partial charge in [-0.2, -0.15) is 0 Å². The lowest BCUT2D eigenvalue weighted by molar-refractivity contribution is 1.55. The van der Waals surface area contributed by atoms with Crippen LogP contribution in [0.15, 0.2) is 127 Å². The highest BCUT2D eigenvalue weighted by atomic mass is 14.5. The summed E-state index contributed by atoms with van der Waals surface area (Å²) >= 11 is 0. The van der Waals surface area contributed by atoms with Crippen molar-refractivity contribution in [2.24, 2.45) is 0 Å². The van der Waals surface area contributed by atoms with E-state index in [0.717, 1.165) is 11.3 Å². The Morgan fingerprint density at radius 2 is 0.774 bits per heavy atom. The molecule has 1 heteroatoms. The lowest BCUT2D eigenvalue weighted by Crippen LogP contribution is -1.92. The van der Waals surface area contributed by atoms with Crippen molar-refractivity contribution < 1.29 is 0 Å². The van der Waals surface area contributed by atoms with Crippen LogP contribution in [0.5, 0.6) is 0 Å². The van der Waals surface area contributed by atoms with Crippen LogP contribution in [0.4, 0.5) is 5.69 Å². The van der Waals surface area contributed by atoms with Crippen LogP contribution in [0.3, 0.4) is 0 Å². The fourth-order valence-corrected chi connectivity index (χ4v) is 4.10. The minimum absolute atomic E-state index is 0.766. The van der Waals surface area contributed by atoms with Crippen molar-refractivity contribution >= 4 is 5.69 Å². The van der Waals surface area contributed by atoms with E-state index in [9.17, 15) is 0 Å². The highest BCUT2D eigenvalue weighted by Gasteiger charge is 2.13. The second-order valence-electron chi connectivity index (χ2n) is 7.66. The largest absolute Gasteiger partial charge is 0.399 e. The second-order valence-corrected chi connectivity index (χ2v) is 7.66. The predicted octanol–water partition coefficient (Wildman–Crippen LogP) is 7.94. The summed E-state index contributed by atoms with van der Waals surface area (Å²) in [6.07, 6.45) is 0. The van der Waals surface area contributed by atoms with Gasteiger partial charge in [0.1, 0.15) is 0 Å². The topological polar surface area (TPSA) is 26.0 Å². The molecule has 1 nitrogen and oxygen atoms in total. The molecule has 5 rings (SSSR count). The second kappa shape index (κ2) is 8.33. The highest BCUT2D eigenvalue weighted by molar-refractivity contribution is 5.93. The Morgan fingerprint density at radius 3 is 1.45 bits per heavy atom. The van der Waals surface area contributed by atoms with Crippen LogP contribution in [0.25, 0.3) is 44.5 Å². The van der Waals surface area contributed by atoms with E-state index in [4.69, 9.17) is 5.73 Å². The zero-order chi connectivity index (χ0) is 21.0. The molecule has 0 unspecified atom stereocenters. The Balaban J connectivity index is 1.63. The maximum atomic E-state index is 6.23. The van der Waals surface area contributed by atoms with Gasteiger partial charge in [0.25, 0.3) is 0 Å². The van der Waals surface area contributed by atoms with E-state index in [1.807, 2.05) is 18.2 Å². The molecular weight excluding hydrogens is 374 g/mol. The van der Waals surface area contributed by atoms with Gasteiger partial charge in [-0.3, -0.25) is 0 Å². The monoisotopic (exact) mass is 397 g/mol. The van der Waals surface area contributed by atoms with Gasteiger partial charge in [0, 0.05) is 5.69 Å². The van der Waals surface area contributed by atoms with Gasteiger partial charge in [-0.25, -0.2) is 0 Å². The molecule has 148 valence electrons. The first-order valence-electron chi connectivity index (χ1n) is 10.5. The lowest BCUT2D eigenvalue weighted by Gasteiger charge is -2.16. The highest BCUT2D eigenvalue weighted by Crippen LogP contribution is 2.39. The summed E-state index contributed by atoms with van der Waals surface area (Å²) in [5.74, 6) is 0. The molecule has 0 aliphatic carbocycles. The van der Waals surface area contributed by atoms with E-state index in [1.165, 1.54) is 38.9 Å². The molecule has 0 heterocycles. The third-order valence-corrected chi connectivity index (χ3v) is 5.65. The molecular formula is C30H23N. The van der Waals surface area contributed by atoms with Gasteiger partial charge >= 0.3 is 0 Å². The quantitative estimate of drug-likeness (QED) is 0.306. The van der Waals surface area contributed by atoms with E-state index in [-0.39, 0.29) is 0 Å². The predicted molar refractivity (Wildman–Crippen MR) is 133 cm³/mol. The van der Waals surface area contributed by atoms with Gasteiger partial charge in [0.2, 0.25) is 0 Å². The normalized spacial score (nSPS) is 10.7. The van der Waals surface area contributed by atoms with Gasteiger partial charge in [0.05, 0.1) is 0 Å². The SMILES string of the molecule is Nc1ccc(-c2ccc(-c3ccccc3)cc2)c(-c2ccccc2-c2ccccc2)c1. The Labute approximate surface area is 183 Å². The molecule has 0 saturated heterocycles. The molecule has 0 aliphatic heterocycles. The smallest absolute Gasteiger partial charge is 0.0320 e. The molecule has 0 bridgehead atoms. The van der Waals surface area contributed by atoms with Gasteiger partial charge in [-0.1, -0.05) is 115 Å². The van der Waals surface area contributed by atoms with Crippen molar-refractivity contribution in [3.05, 3.63) is 127 Å². The summed E-state index contributed by atoms with van der Waals surface area (Å²) in [6, 6.07) is 44.5. The van der Waals surface area contributed by atoms with Crippen LogP contribution in [0.1, 0.15) is 0 Å². The standard InChI is InChI=1S/C30H23N/c31-26-19-20-28(25-17-15-23(16-18-25)22-9-3-1-4-10-22)30(21-26)29-14-8-7-13-27(29)24-11-5-2-6-12-24/h1-21H,31H2. The van der Waals surface area contributed by atoms with E-state index < -0.39 is 0 Å². The Kier molecular flexibility index (Phi) is 5.08. The first-order chi connectivity index (χ1) is 15.3. The summed E-state index contributed by atoms with van der Waals surface area (Å²) in [5, 5.41) is 0. The molecule has 0 amide bonds. The van der Waals surface area contributed by atoms with Gasteiger partial charge in [-0.05, 0) is 56.6 Å². The molecule has 0 saturated carbocycles. The first-order valence-corrected chi connectivity index (χ1v) is 10.5. The molecule has 5 aromatic carbocycles. The van der Waals surface area contributed by atoms with Crippen LogP contribution in [-0.4, -0.2) is 0 Å². The molecule has 31 heavy (non-hydrogen) atoms. The minimum Gasteiger partial charge on any atom is -0.399 e. The summed E-state index contributed by atoms with van der Waals surface area (Å²) in [4.78, 5) is 0. The molecule has 0 atom stereocenters. The molecule has 0 aliphatic rings. The average Bonchev–Trinajstić information content (AvgIpc) is 2.85. The zero-order valence-electron chi connectivity index (χ0n) is 17.2. The van der Waals surface area contributed by atoms with E-state index >= 15 is 0 Å². The molecule has 0 spiro atoms. The maximum Gasteiger partial charge on any atom is 0.0320 e. The van der Waals surface area contributed by atoms with Crippen molar-refractivity contribution in [1.82, 2.24) is 0 Å². The third-order valence-electron chi connectivity index (χ3n) is 5.65. The van der Waals surface area contributed by atoms with Gasteiger partial charge < -0.3 is 5.73 Å². The number of nitrogen functional groups attached to an aromatic ring is 1. The molecule has 0 aromatic heterocycles. The molecule has 0 fully saturated rings. The first kappa shape index (κ1) is 18.9. The fourth-order valence-electron chi connectivity index (χ4n) is 4.10. The van der Waals surface area contributed by atoms with Gasteiger partial charge in [0.15, 0.2) is 0 Å². The van der Waals surface area contributed by atoms with Crippen molar-refractivity contribution in [1.29, 1.82) is 0 Å². The summed E-state index contributed by atoms with van der Waals surface area (Å²) in [5.41, 5.74) is 16.5. The summed E-state index contributed by atoms with van der Waals surface area (Å²) < 4.78 is 0. The van der Waals surface area contributed by atoms with Crippen LogP contribution >= 0.6 is 0 Å². The van der Waals surface area contributed by atoms with Crippen molar-refractivity contribution in [3.63, 3.8) is 0 Å². The number of benzene rings is 5. The zero-order valence-corrected chi connectivity index (χ0v) is 17.2. The number of rotatable bonds is 4. The maximum absolute atomic E-state index is 6.23. The van der Waals surface area contributed by atoms with Crippen LogP contribution in [0, 0.1) is 0 Å². The van der Waals surface area contributed by atoms with Crippen molar-refractivity contribution in [2.45, 2.75) is 0 Å². The summed E-state index contributed by atoms with van der Waals surface area (Å²) in [6.45, 7) is 0. The number of hydrogen-bond acceptors (Lipinski definition) is 1. The summed E-state index contributed by atoms with van der Waals surface area (Å²) in [7, 11) is 0.